The first-order valence-electron chi connectivity index (χ1n) is 7.69. The van der Waals surface area contributed by atoms with Gasteiger partial charge in [0.2, 0.25) is 5.91 Å². The fourth-order valence-corrected chi connectivity index (χ4v) is 2.88. The minimum absolute atomic E-state index is 0.289. The number of amides is 2. The number of aliphatic hydroxyl groups is 1. The van der Waals surface area contributed by atoms with E-state index in [4.69, 9.17) is 4.74 Å². The molecule has 0 unspecified atom stereocenters. The number of aliphatic hydroxyl groups excluding tert-OH is 1. The van der Waals surface area contributed by atoms with Crippen molar-refractivity contribution in [3.05, 3.63) is 22.4 Å². The normalized spacial score (nSPS) is 16.4. The lowest BCUT2D eigenvalue weighted by atomic mass is 10.2. The van der Waals surface area contributed by atoms with E-state index in [0.29, 0.717) is 26.3 Å². The monoisotopic (exact) mass is 355 g/mol. The molecule has 1 fully saturated rings. The van der Waals surface area contributed by atoms with Gasteiger partial charge in [-0.15, -0.1) is 11.3 Å². The first-order chi connectivity index (χ1) is 11.6. The molecular weight excluding hydrogens is 334 g/mol. The second-order valence-corrected chi connectivity index (χ2v) is 6.21. The Bertz CT molecular complexity index is 557. The molecule has 2 heterocycles. The molecule has 8 nitrogen and oxygen atoms in total. The van der Waals surface area contributed by atoms with Gasteiger partial charge in [0.05, 0.1) is 24.7 Å². The van der Waals surface area contributed by atoms with E-state index in [0.717, 1.165) is 24.4 Å². The Morgan fingerprint density at radius 3 is 2.71 bits per heavy atom. The largest absolute Gasteiger partial charge is 0.394 e. The van der Waals surface area contributed by atoms with Crippen LogP contribution in [0.1, 0.15) is 9.67 Å². The SMILES string of the molecule is O=C(N[C@@H](CO)C(=O)NCCN1CCOCC1)C(=O)c1cccs1. The van der Waals surface area contributed by atoms with Crippen molar-refractivity contribution in [2.45, 2.75) is 6.04 Å². The van der Waals surface area contributed by atoms with Crippen molar-refractivity contribution in [2.75, 3.05) is 46.0 Å². The van der Waals surface area contributed by atoms with Gasteiger partial charge in [0.15, 0.2) is 0 Å². The molecule has 1 saturated heterocycles. The molecule has 132 valence electrons. The lowest BCUT2D eigenvalue weighted by molar-refractivity contribution is -0.128. The number of ketones is 1. The van der Waals surface area contributed by atoms with E-state index in [1.54, 1.807) is 11.4 Å². The number of carbonyl (C=O) groups excluding carboxylic acids is 3. The molecular formula is C15H21N3O5S. The highest BCUT2D eigenvalue weighted by molar-refractivity contribution is 7.13. The average Bonchev–Trinajstić information content (AvgIpc) is 3.14. The first kappa shape index (κ1) is 18.5. The molecule has 0 saturated carbocycles. The van der Waals surface area contributed by atoms with Gasteiger partial charge in [-0.25, -0.2) is 0 Å². The molecule has 9 heteroatoms. The van der Waals surface area contributed by atoms with Gasteiger partial charge < -0.3 is 20.5 Å². The Kier molecular flexibility index (Phi) is 7.32. The third kappa shape index (κ3) is 5.38. The molecule has 0 spiro atoms. The van der Waals surface area contributed by atoms with E-state index in [9.17, 15) is 19.5 Å². The number of morpholine rings is 1. The van der Waals surface area contributed by atoms with E-state index < -0.39 is 30.2 Å². The molecule has 1 atom stereocenters. The molecule has 3 N–H and O–H groups in total. The predicted molar refractivity (Wildman–Crippen MR) is 87.9 cm³/mol. The molecule has 0 aromatic carbocycles. The van der Waals surface area contributed by atoms with E-state index in [1.165, 1.54) is 6.07 Å². The van der Waals surface area contributed by atoms with Crippen molar-refractivity contribution >= 4 is 28.9 Å². The lowest BCUT2D eigenvalue weighted by Crippen LogP contribution is -2.52. The Morgan fingerprint density at radius 1 is 1.33 bits per heavy atom. The van der Waals surface area contributed by atoms with E-state index in [-0.39, 0.29) is 4.88 Å². The maximum Gasteiger partial charge on any atom is 0.293 e. The van der Waals surface area contributed by atoms with Gasteiger partial charge in [-0.1, -0.05) is 6.07 Å². The maximum absolute atomic E-state index is 12.0. The maximum atomic E-state index is 12.0. The van der Waals surface area contributed by atoms with Crippen LogP contribution in [0.2, 0.25) is 0 Å². The fraction of sp³-hybridized carbons (Fsp3) is 0.533. The van der Waals surface area contributed by atoms with Crippen LogP contribution >= 0.6 is 11.3 Å². The molecule has 2 amide bonds. The zero-order valence-corrected chi connectivity index (χ0v) is 14.0. The molecule has 2 rings (SSSR count). The molecule has 1 aromatic heterocycles. The van der Waals surface area contributed by atoms with E-state index in [1.807, 2.05) is 0 Å². The molecule has 0 radical (unpaired) electrons. The number of thiophene rings is 1. The molecule has 24 heavy (non-hydrogen) atoms. The third-order valence-corrected chi connectivity index (χ3v) is 4.46. The average molecular weight is 355 g/mol. The fourth-order valence-electron chi connectivity index (χ4n) is 2.22. The Labute approximate surface area is 143 Å². The summed E-state index contributed by atoms with van der Waals surface area (Å²) >= 11 is 1.14. The van der Waals surface area contributed by atoms with E-state index in [2.05, 4.69) is 15.5 Å². The summed E-state index contributed by atoms with van der Waals surface area (Å²) in [5, 5.41) is 15.9. The number of hydrogen-bond donors (Lipinski definition) is 3. The highest BCUT2D eigenvalue weighted by Gasteiger charge is 2.24. The second kappa shape index (κ2) is 9.48. The number of Topliss-reactive ketones (excluding diaryl/α,β-unsaturated/α-hetero) is 1. The number of nitrogens with zero attached hydrogens (tertiary/aromatic N) is 1. The highest BCUT2D eigenvalue weighted by Crippen LogP contribution is 2.09. The summed E-state index contributed by atoms with van der Waals surface area (Å²) in [6.07, 6.45) is 0. The number of hydrogen-bond acceptors (Lipinski definition) is 7. The Morgan fingerprint density at radius 2 is 2.08 bits per heavy atom. The number of rotatable bonds is 8. The van der Waals surface area contributed by atoms with Crippen molar-refractivity contribution in [3.8, 4) is 0 Å². The van der Waals surface area contributed by atoms with Gasteiger partial charge >= 0.3 is 0 Å². The third-order valence-electron chi connectivity index (χ3n) is 3.59. The van der Waals surface area contributed by atoms with Gasteiger partial charge in [0.25, 0.3) is 11.7 Å². The zero-order chi connectivity index (χ0) is 17.4. The van der Waals surface area contributed by atoms with Crippen molar-refractivity contribution in [2.24, 2.45) is 0 Å². The zero-order valence-electron chi connectivity index (χ0n) is 13.2. The molecule has 1 aromatic rings. The molecule has 1 aliphatic heterocycles. The van der Waals surface area contributed by atoms with Crippen LogP contribution < -0.4 is 10.6 Å². The minimum atomic E-state index is -1.15. The van der Waals surface area contributed by atoms with Crippen molar-refractivity contribution in [1.29, 1.82) is 0 Å². The summed E-state index contributed by atoms with van der Waals surface area (Å²) in [7, 11) is 0. The number of carbonyl (C=O) groups is 3. The van der Waals surface area contributed by atoms with Gasteiger partial charge in [-0.2, -0.15) is 0 Å². The molecule has 0 aliphatic carbocycles. The van der Waals surface area contributed by atoms with Crippen molar-refractivity contribution in [1.82, 2.24) is 15.5 Å². The quantitative estimate of drug-likeness (QED) is 0.402. The van der Waals surface area contributed by atoms with Crippen molar-refractivity contribution in [3.63, 3.8) is 0 Å². The minimum Gasteiger partial charge on any atom is -0.394 e. The smallest absolute Gasteiger partial charge is 0.293 e. The van der Waals surface area contributed by atoms with Gasteiger partial charge in [-0.3, -0.25) is 19.3 Å². The van der Waals surface area contributed by atoms with Crippen LogP contribution in [0.25, 0.3) is 0 Å². The summed E-state index contributed by atoms with van der Waals surface area (Å²) < 4.78 is 5.24. The van der Waals surface area contributed by atoms with Crippen LogP contribution in [-0.4, -0.2) is 79.6 Å². The predicted octanol–water partition coefficient (Wildman–Crippen LogP) is -1.14. The van der Waals surface area contributed by atoms with Crippen LogP contribution in [-0.2, 0) is 14.3 Å². The first-order valence-corrected chi connectivity index (χ1v) is 8.57. The van der Waals surface area contributed by atoms with Gasteiger partial charge in [0, 0.05) is 26.2 Å². The summed E-state index contributed by atoms with van der Waals surface area (Å²) in [5.41, 5.74) is 0. The highest BCUT2D eigenvalue weighted by atomic mass is 32.1. The second-order valence-electron chi connectivity index (χ2n) is 5.26. The number of nitrogens with one attached hydrogen (secondary N) is 2. The number of ether oxygens (including phenoxy) is 1. The van der Waals surface area contributed by atoms with Crippen LogP contribution in [0.5, 0.6) is 0 Å². The Hall–Kier alpha value is -1.81. The van der Waals surface area contributed by atoms with Crippen LogP contribution in [0.3, 0.4) is 0 Å². The topological polar surface area (TPSA) is 108 Å². The summed E-state index contributed by atoms with van der Waals surface area (Å²) in [5.74, 6) is -2.14. The summed E-state index contributed by atoms with van der Waals surface area (Å²) in [6, 6.07) is 2.04. The lowest BCUT2D eigenvalue weighted by Gasteiger charge is -2.26. The standard InChI is InChI=1S/C15H21N3O5S/c19-10-11(17-15(22)13(20)12-2-1-9-24-12)14(21)16-3-4-18-5-7-23-8-6-18/h1-2,9,11,19H,3-8,10H2,(H,16,21)(H,17,22)/t11-/m0/s1. The summed E-state index contributed by atoms with van der Waals surface area (Å²) in [6.45, 7) is 3.45. The van der Waals surface area contributed by atoms with Crippen molar-refractivity contribution < 1.29 is 24.2 Å². The van der Waals surface area contributed by atoms with Crippen LogP contribution in [0.15, 0.2) is 17.5 Å². The van der Waals surface area contributed by atoms with Gasteiger partial charge in [0.1, 0.15) is 6.04 Å². The van der Waals surface area contributed by atoms with Gasteiger partial charge in [-0.05, 0) is 11.4 Å². The molecule has 1 aliphatic rings. The molecule has 0 bridgehead atoms. The Balaban J connectivity index is 1.76. The van der Waals surface area contributed by atoms with E-state index >= 15 is 0 Å². The van der Waals surface area contributed by atoms with Crippen LogP contribution in [0, 0.1) is 0 Å². The van der Waals surface area contributed by atoms with Crippen LogP contribution in [0.4, 0.5) is 0 Å². The summed E-state index contributed by atoms with van der Waals surface area (Å²) in [4.78, 5) is 38.2.